The molecule has 5 nitrogen and oxygen atoms in total. The minimum atomic E-state index is -0.951. The molecule has 0 spiro atoms. The SMILES string of the molecule is CC(C)CN(CC(=O)O)C(=O)C(C)C1CCOCC1. The van der Waals surface area contributed by atoms with Gasteiger partial charge in [0.1, 0.15) is 6.54 Å². The Bertz CT molecular complexity index is 311. The molecule has 1 heterocycles. The Morgan fingerprint density at radius 1 is 1.26 bits per heavy atom. The summed E-state index contributed by atoms with van der Waals surface area (Å²) >= 11 is 0. The van der Waals surface area contributed by atoms with E-state index >= 15 is 0 Å². The van der Waals surface area contributed by atoms with Gasteiger partial charge in [-0.2, -0.15) is 0 Å². The summed E-state index contributed by atoms with van der Waals surface area (Å²) in [5.41, 5.74) is 0. The fraction of sp³-hybridized carbons (Fsp3) is 0.857. The molecule has 1 unspecified atom stereocenters. The third-order valence-electron chi connectivity index (χ3n) is 3.59. The van der Waals surface area contributed by atoms with Gasteiger partial charge in [-0.3, -0.25) is 9.59 Å². The standard InChI is InChI=1S/C14H25NO4/c1-10(2)8-15(9-13(16)17)14(18)11(3)12-4-6-19-7-5-12/h10-12H,4-9H2,1-3H3,(H,16,17). The van der Waals surface area contributed by atoms with Crippen LogP contribution in [0.15, 0.2) is 0 Å². The third-order valence-corrected chi connectivity index (χ3v) is 3.59. The highest BCUT2D eigenvalue weighted by Crippen LogP contribution is 2.25. The molecule has 1 N–H and O–H groups in total. The molecule has 1 atom stereocenters. The van der Waals surface area contributed by atoms with Gasteiger partial charge in [-0.25, -0.2) is 0 Å². The zero-order chi connectivity index (χ0) is 14.4. The average Bonchev–Trinajstić information content (AvgIpc) is 2.36. The zero-order valence-corrected chi connectivity index (χ0v) is 12.1. The number of hydrogen-bond acceptors (Lipinski definition) is 3. The maximum absolute atomic E-state index is 12.4. The van der Waals surface area contributed by atoms with Crippen LogP contribution < -0.4 is 0 Å². The fourth-order valence-corrected chi connectivity index (χ4v) is 2.54. The van der Waals surface area contributed by atoms with Crippen LogP contribution in [-0.4, -0.2) is 48.2 Å². The van der Waals surface area contributed by atoms with Crippen LogP contribution in [0.2, 0.25) is 0 Å². The molecule has 110 valence electrons. The molecule has 0 aromatic rings. The molecule has 1 fully saturated rings. The summed E-state index contributed by atoms with van der Waals surface area (Å²) < 4.78 is 5.30. The molecule has 1 saturated heterocycles. The van der Waals surface area contributed by atoms with Crippen LogP contribution in [0.5, 0.6) is 0 Å². The van der Waals surface area contributed by atoms with E-state index in [-0.39, 0.29) is 24.3 Å². The van der Waals surface area contributed by atoms with Gasteiger partial charge >= 0.3 is 5.97 Å². The fourth-order valence-electron chi connectivity index (χ4n) is 2.54. The molecule has 0 aliphatic carbocycles. The normalized spacial score (nSPS) is 18.3. The van der Waals surface area contributed by atoms with Crippen molar-refractivity contribution in [3.8, 4) is 0 Å². The lowest BCUT2D eigenvalue weighted by molar-refractivity contribution is -0.148. The molecule has 19 heavy (non-hydrogen) atoms. The summed E-state index contributed by atoms with van der Waals surface area (Å²) in [6, 6.07) is 0. The van der Waals surface area contributed by atoms with E-state index in [1.807, 2.05) is 20.8 Å². The predicted molar refractivity (Wildman–Crippen MR) is 71.8 cm³/mol. The summed E-state index contributed by atoms with van der Waals surface area (Å²) in [5.74, 6) is -0.534. The molecule has 0 bridgehead atoms. The van der Waals surface area contributed by atoms with E-state index in [2.05, 4.69) is 0 Å². The van der Waals surface area contributed by atoms with Crippen LogP contribution in [0.4, 0.5) is 0 Å². The predicted octanol–water partition coefficient (Wildman–Crippen LogP) is 1.62. The Balaban J connectivity index is 2.64. The number of amides is 1. The smallest absolute Gasteiger partial charge is 0.323 e. The van der Waals surface area contributed by atoms with E-state index < -0.39 is 5.97 Å². The lowest BCUT2D eigenvalue weighted by atomic mass is 9.86. The highest BCUT2D eigenvalue weighted by atomic mass is 16.5. The van der Waals surface area contributed by atoms with Gasteiger partial charge in [0.25, 0.3) is 0 Å². The Hall–Kier alpha value is -1.10. The Kier molecular flexibility index (Phi) is 6.28. The van der Waals surface area contributed by atoms with Gasteiger partial charge in [0, 0.05) is 25.7 Å². The van der Waals surface area contributed by atoms with Crippen molar-refractivity contribution < 1.29 is 19.4 Å². The molecule has 5 heteroatoms. The third kappa shape index (κ3) is 5.19. The van der Waals surface area contributed by atoms with Crippen molar-refractivity contribution in [2.75, 3.05) is 26.3 Å². The van der Waals surface area contributed by atoms with Crippen molar-refractivity contribution in [2.24, 2.45) is 17.8 Å². The van der Waals surface area contributed by atoms with Crippen LogP contribution in [0.1, 0.15) is 33.6 Å². The van der Waals surface area contributed by atoms with Crippen LogP contribution in [0, 0.1) is 17.8 Å². The second-order valence-corrected chi connectivity index (χ2v) is 5.74. The van der Waals surface area contributed by atoms with Gasteiger partial charge < -0.3 is 14.7 Å². The monoisotopic (exact) mass is 271 g/mol. The maximum atomic E-state index is 12.4. The highest BCUT2D eigenvalue weighted by molar-refractivity contribution is 5.83. The van der Waals surface area contributed by atoms with Crippen LogP contribution in [-0.2, 0) is 14.3 Å². The molecule has 0 aromatic carbocycles. The van der Waals surface area contributed by atoms with E-state index in [1.54, 1.807) is 0 Å². The second kappa shape index (κ2) is 7.48. The van der Waals surface area contributed by atoms with Crippen molar-refractivity contribution in [2.45, 2.75) is 33.6 Å². The van der Waals surface area contributed by atoms with E-state index in [1.165, 1.54) is 4.90 Å². The van der Waals surface area contributed by atoms with Crippen molar-refractivity contribution >= 4 is 11.9 Å². The van der Waals surface area contributed by atoms with Crippen LogP contribution >= 0.6 is 0 Å². The van der Waals surface area contributed by atoms with Gasteiger partial charge in [0.05, 0.1) is 0 Å². The van der Waals surface area contributed by atoms with E-state index in [9.17, 15) is 9.59 Å². The summed E-state index contributed by atoms with van der Waals surface area (Å²) in [7, 11) is 0. The second-order valence-electron chi connectivity index (χ2n) is 5.74. The number of aliphatic carboxylic acids is 1. The average molecular weight is 271 g/mol. The number of carboxylic acid groups (broad SMARTS) is 1. The first-order valence-electron chi connectivity index (χ1n) is 7.00. The summed E-state index contributed by atoms with van der Waals surface area (Å²) in [6.07, 6.45) is 1.77. The number of rotatable bonds is 6. The number of carbonyl (C=O) groups is 2. The summed E-state index contributed by atoms with van der Waals surface area (Å²) in [5, 5.41) is 8.92. The first kappa shape index (κ1) is 16.0. The number of carboxylic acids is 1. The number of nitrogens with zero attached hydrogens (tertiary/aromatic N) is 1. The summed E-state index contributed by atoms with van der Waals surface area (Å²) in [4.78, 5) is 24.8. The van der Waals surface area contributed by atoms with E-state index in [0.717, 1.165) is 12.8 Å². The van der Waals surface area contributed by atoms with Crippen molar-refractivity contribution in [1.29, 1.82) is 0 Å². The van der Waals surface area contributed by atoms with Gasteiger partial charge in [-0.15, -0.1) is 0 Å². The van der Waals surface area contributed by atoms with E-state index in [0.29, 0.717) is 25.7 Å². The molecule has 1 aliphatic heterocycles. The maximum Gasteiger partial charge on any atom is 0.323 e. The molecular weight excluding hydrogens is 246 g/mol. The largest absolute Gasteiger partial charge is 0.480 e. The molecule has 0 aromatic heterocycles. The quantitative estimate of drug-likeness (QED) is 0.797. The van der Waals surface area contributed by atoms with Crippen molar-refractivity contribution in [1.82, 2.24) is 4.90 Å². The number of hydrogen-bond donors (Lipinski definition) is 1. The zero-order valence-electron chi connectivity index (χ0n) is 12.1. The molecule has 0 radical (unpaired) electrons. The molecule has 1 rings (SSSR count). The van der Waals surface area contributed by atoms with Gasteiger partial charge in [-0.1, -0.05) is 20.8 Å². The first-order valence-corrected chi connectivity index (χ1v) is 7.00. The van der Waals surface area contributed by atoms with E-state index in [4.69, 9.17) is 9.84 Å². The Morgan fingerprint density at radius 3 is 2.32 bits per heavy atom. The molecule has 1 aliphatic rings. The first-order chi connectivity index (χ1) is 8.91. The number of ether oxygens (including phenoxy) is 1. The number of carbonyl (C=O) groups excluding carboxylic acids is 1. The lowest BCUT2D eigenvalue weighted by Gasteiger charge is -2.31. The Morgan fingerprint density at radius 2 is 1.84 bits per heavy atom. The molecule has 0 saturated carbocycles. The minimum absolute atomic E-state index is 0.0389. The Labute approximate surface area is 114 Å². The molecule has 1 amide bonds. The topological polar surface area (TPSA) is 66.8 Å². The van der Waals surface area contributed by atoms with Crippen molar-refractivity contribution in [3.63, 3.8) is 0 Å². The van der Waals surface area contributed by atoms with Gasteiger partial charge in [0.2, 0.25) is 5.91 Å². The highest BCUT2D eigenvalue weighted by Gasteiger charge is 2.30. The van der Waals surface area contributed by atoms with Crippen molar-refractivity contribution in [3.05, 3.63) is 0 Å². The summed E-state index contributed by atoms with van der Waals surface area (Å²) in [6.45, 7) is 7.58. The van der Waals surface area contributed by atoms with Crippen LogP contribution in [0.25, 0.3) is 0 Å². The minimum Gasteiger partial charge on any atom is -0.480 e. The van der Waals surface area contributed by atoms with Crippen LogP contribution in [0.3, 0.4) is 0 Å². The lowest BCUT2D eigenvalue weighted by Crippen LogP contribution is -2.43. The molecular formula is C14H25NO4. The van der Waals surface area contributed by atoms with Gasteiger partial charge in [-0.05, 0) is 24.7 Å². The van der Waals surface area contributed by atoms with Gasteiger partial charge in [0.15, 0.2) is 0 Å².